The smallest absolute Gasteiger partial charge is 0.283 e. The summed E-state index contributed by atoms with van der Waals surface area (Å²) in [6.07, 6.45) is 0.898. The maximum Gasteiger partial charge on any atom is 0.283 e. The highest BCUT2D eigenvalue weighted by Gasteiger charge is 2.43. The third kappa shape index (κ3) is 4.81. The number of thioether (sulfide) groups is 1. The highest BCUT2D eigenvalue weighted by molar-refractivity contribution is 8.04. The summed E-state index contributed by atoms with van der Waals surface area (Å²) in [6, 6.07) is 25.3. The second-order valence-electron chi connectivity index (χ2n) is 8.51. The highest BCUT2D eigenvalue weighted by Crippen LogP contribution is 2.39. The molecule has 0 N–H and O–H groups in total. The zero-order valence-electron chi connectivity index (χ0n) is 19.5. The second kappa shape index (κ2) is 10.2. The molecule has 3 aromatic rings. The minimum absolute atomic E-state index is 0.260. The summed E-state index contributed by atoms with van der Waals surface area (Å²) in [4.78, 5) is 34.4. The lowest BCUT2D eigenvalue weighted by Gasteiger charge is -2.37. The predicted octanol–water partition coefficient (Wildman–Crippen LogP) is 5.60. The van der Waals surface area contributed by atoms with Gasteiger partial charge in [0.1, 0.15) is 10.6 Å². The van der Waals surface area contributed by atoms with Crippen LogP contribution in [0.25, 0.3) is 0 Å². The van der Waals surface area contributed by atoms with Crippen molar-refractivity contribution >= 4 is 46.6 Å². The van der Waals surface area contributed by atoms with Gasteiger partial charge >= 0.3 is 0 Å². The SMILES string of the molecule is CCc1ccc(N2C(=O)C(Sc3ccc(Cl)cc3)=C(N3CCN(c4ccccc4)CC3)C2=O)cc1. The number of hydrogen-bond acceptors (Lipinski definition) is 5. The molecule has 2 aliphatic heterocycles. The number of piperazine rings is 1. The summed E-state index contributed by atoms with van der Waals surface area (Å²) in [5.41, 5.74) is 3.42. The molecule has 0 bridgehead atoms. The Morgan fingerprint density at radius 3 is 2.00 bits per heavy atom. The van der Waals surface area contributed by atoms with Crippen LogP contribution in [0, 0.1) is 0 Å². The molecule has 1 fully saturated rings. The van der Waals surface area contributed by atoms with E-state index in [0.717, 1.165) is 30.0 Å². The van der Waals surface area contributed by atoms with Crippen molar-refractivity contribution in [3.8, 4) is 0 Å². The number of carbonyl (C=O) groups excluding carboxylic acids is 2. The van der Waals surface area contributed by atoms with E-state index in [0.29, 0.717) is 34.4 Å². The maximum atomic E-state index is 13.7. The van der Waals surface area contributed by atoms with Crippen LogP contribution < -0.4 is 9.80 Å². The summed E-state index contributed by atoms with van der Waals surface area (Å²) in [6.45, 7) is 4.96. The number of amides is 2. The monoisotopic (exact) mass is 503 g/mol. The summed E-state index contributed by atoms with van der Waals surface area (Å²) < 4.78 is 0. The van der Waals surface area contributed by atoms with Crippen LogP contribution in [-0.4, -0.2) is 42.9 Å². The van der Waals surface area contributed by atoms with Gasteiger partial charge in [0.2, 0.25) is 0 Å². The molecule has 0 aliphatic carbocycles. The van der Waals surface area contributed by atoms with Gasteiger partial charge in [-0.3, -0.25) is 9.59 Å². The molecule has 0 saturated carbocycles. The topological polar surface area (TPSA) is 43.9 Å². The fraction of sp³-hybridized carbons (Fsp3) is 0.214. The lowest BCUT2D eigenvalue weighted by atomic mass is 10.1. The van der Waals surface area contributed by atoms with Gasteiger partial charge in [0.15, 0.2) is 0 Å². The average molecular weight is 504 g/mol. The van der Waals surface area contributed by atoms with E-state index in [1.54, 1.807) is 12.1 Å². The number of hydrogen-bond donors (Lipinski definition) is 0. The molecule has 2 aliphatic rings. The number of aryl methyl sites for hydroxylation is 1. The Morgan fingerprint density at radius 2 is 1.37 bits per heavy atom. The van der Waals surface area contributed by atoms with Crippen molar-refractivity contribution in [2.75, 3.05) is 36.0 Å². The molecule has 178 valence electrons. The number of anilines is 2. The molecule has 2 amide bonds. The molecular weight excluding hydrogens is 478 g/mol. The number of nitrogens with zero attached hydrogens (tertiary/aromatic N) is 3. The first-order valence-electron chi connectivity index (χ1n) is 11.8. The van der Waals surface area contributed by atoms with Gasteiger partial charge in [-0.15, -0.1) is 0 Å². The fourth-order valence-corrected chi connectivity index (χ4v) is 5.56. The van der Waals surface area contributed by atoms with Crippen molar-refractivity contribution in [1.29, 1.82) is 0 Å². The third-order valence-corrected chi connectivity index (χ3v) is 7.70. The standard InChI is InChI=1S/C28H26ClN3O2S/c1-2-20-8-12-23(13-9-20)32-27(33)25(26(28(32)34)35-24-14-10-21(29)11-15-24)31-18-16-30(17-19-31)22-6-4-3-5-7-22/h3-15H,2,16-19H2,1H3. The summed E-state index contributed by atoms with van der Waals surface area (Å²) in [5.74, 6) is -0.538. The number of halogens is 1. The fourth-order valence-electron chi connectivity index (χ4n) is 4.43. The average Bonchev–Trinajstić information content (AvgIpc) is 3.15. The quantitative estimate of drug-likeness (QED) is 0.409. The van der Waals surface area contributed by atoms with Gasteiger partial charge in [-0.1, -0.05) is 60.6 Å². The summed E-state index contributed by atoms with van der Waals surface area (Å²) in [5, 5.41) is 0.632. The van der Waals surface area contributed by atoms with Crippen molar-refractivity contribution in [2.45, 2.75) is 18.2 Å². The van der Waals surface area contributed by atoms with Crippen molar-refractivity contribution in [1.82, 2.24) is 4.90 Å². The van der Waals surface area contributed by atoms with Gasteiger partial charge in [0.25, 0.3) is 11.8 Å². The van der Waals surface area contributed by atoms with Crippen molar-refractivity contribution < 1.29 is 9.59 Å². The van der Waals surface area contributed by atoms with E-state index in [9.17, 15) is 9.59 Å². The molecule has 0 aromatic heterocycles. The van der Waals surface area contributed by atoms with Crippen LogP contribution in [0.4, 0.5) is 11.4 Å². The van der Waals surface area contributed by atoms with E-state index in [1.165, 1.54) is 22.3 Å². The molecule has 5 rings (SSSR count). The van der Waals surface area contributed by atoms with E-state index >= 15 is 0 Å². The Hall–Kier alpha value is -3.22. The molecule has 0 atom stereocenters. The first-order chi connectivity index (χ1) is 17.0. The number of para-hydroxylation sites is 1. The van der Waals surface area contributed by atoms with Crippen LogP contribution in [0.5, 0.6) is 0 Å². The zero-order chi connectivity index (χ0) is 24.4. The molecule has 0 unspecified atom stereocenters. The molecular formula is C28H26ClN3O2S. The molecule has 2 heterocycles. The van der Waals surface area contributed by atoms with Gasteiger partial charge < -0.3 is 9.80 Å². The van der Waals surface area contributed by atoms with Crippen LogP contribution in [0.1, 0.15) is 12.5 Å². The van der Waals surface area contributed by atoms with Crippen LogP contribution >= 0.6 is 23.4 Å². The molecule has 1 saturated heterocycles. The third-order valence-electron chi connectivity index (χ3n) is 6.37. The molecule has 7 heteroatoms. The molecule has 35 heavy (non-hydrogen) atoms. The first-order valence-corrected chi connectivity index (χ1v) is 12.9. The molecule has 3 aromatic carbocycles. The van der Waals surface area contributed by atoms with Crippen molar-refractivity contribution in [3.05, 3.63) is 100 Å². The minimum Gasteiger partial charge on any atom is -0.368 e. The Balaban J connectivity index is 1.45. The number of carbonyl (C=O) groups is 2. The number of benzene rings is 3. The summed E-state index contributed by atoms with van der Waals surface area (Å²) >= 11 is 7.39. The highest BCUT2D eigenvalue weighted by atomic mass is 35.5. The van der Waals surface area contributed by atoms with Gasteiger partial charge in [-0.05, 0) is 60.5 Å². The van der Waals surface area contributed by atoms with Crippen molar-refractivity contribution in [3.63, 3.8) is 0 Å². The first kappa shape index (κ1) is 23.5. The summed E-state index contributed by atoms with van der Waals surface area (Å²) in [7, 11) is 0. The largest absolute Gasteiger partial charge is 0.368 e. The molecule has 0 radical (unpaired) electrons. The minimum atomic E-state index is -0.278. The number of imide groups is 1. The normalized spacial score (nSPS) is 16.5. The zero-order valence-corrected chi connectivity index (χ0v) is 21.1. The second-order valence-corrected chi connectivity index (χ2v) is 10.0. The molecule has 0 spiro atoms. The van der Waals surface area contributed by atoms with Crippen LogP contribution in [0.15, 0.2) is 94.4 Å². The van der Waals surface area contributed by atoms with Crippen LogP contribution in [0.3, 0.4) is 0 Å². The van der Waals surface area contributed by atoms with Gasteiger partial charge in [0.05, 0.1) is 5.69 Å². The van der Waals surface area contributed by atoms with E-state index in [2.05, 4.69) is 28.9 Å². The van der Waals surface area contributed by atoms with E-state index in [4.69, 9.17) is 11.6 Å². The Bertz CT molecular complexity index is 1250. The van der Waals surface area contributed by atoms with Gasteiger partial charge in [-0.25, -0.2) is 4.90 Å². The maximum absolute atomic E-state index is 13.7. The van der Waals surface area contributed by atoms with Crippen LogP contribution in [0.2, 0.25) is 5.02 Å². The van der Waals surface area contributed by atoms with Crippen LogP contribution in [-0.2, 0) is 16.0 Å². The van der Waals surface area contributed by atoms with Gasteiger partial charge in [0, 0.05) is 41.8 Å². The Labute approximate surface area is 215 Å². The van der Waals surface area contributed by atoms with Crippen molar-refractivity contribution in [2.24, 2.45) is 0 Å². The lowest BCUT2D eigenvalue weighted by molar-refractivity contribution is -0.121. The number of rotatable bonds is 6. The molecule has 5 nitrogen and oxygen atoms in total. The Kier molecular flexibility index (Phi) is 6.84. The predicted molar refractivity (Wildman–Crippen MR) is 143 cm³/mol. The van der Waals surface area contributed by atoms with E-state index < -0.39 is 0 Å². The Morgan fingerprint density at radius 1 is 0.743 bits per heavy atom. The van der Waals surface area contributed by atoms with E-state index in [1.807, 2.05) is 54.6 Å². The lowest BCUT2D eigenvalue weighted by Crippen LogP contribution is -2.47. The van der Waals surface area contributed by atoms with E-state index in [-0.39, 0.29) is 11.8 Å². The van der Waals surface area contributed by atoms with Gasteiger partial charge in [-0.2, -0.15) is 0 Å².